The Balaban J connectivity index is 1.54. The van der Waals surface area contributed by atoms with Crippen LogP contribution >= 0.6 is 0 Å². The number of rotatable bonds is 2. The van der Waals surface area contributed by atoms with Crippen molar-refractivity contribution in [2.75, 3.05) is 0 Å². The van der Waals surface area contributed by atoms with Gasteiger partial charge in [0.1, 0.15) is 10.8 Å². The summed E-state index contributed by atoms with van der Waals surface area (Å²) in [5.41, 5.74) is 11.4. The van der Waals surface area contributed by atoms with Crippen LogP contribution in [-0.2, 0) is 0 Å². The van der Waals surface area contributed by atoms with Crippen molar-refractivity contribution in [1.29, 1.82) is 0 Å². The average molecular weight is 464 g/mol. The first-order valence-corrected chi connectivity index (χ1v) is 11.9. The summed E-state index contributed by atoms with van der Waals surface area (Å²) in [6, 6.07) is 26.9. The van der Waals surface area contributed by atoms with E-state index in [1.165, 1.54) is 0 Å². The van der Waals surface area contributed by atoms with E-state index in [0.29, 0.717) is 0 Å². The van der Waals surface area contributed by atoms with Gasteiger partial charge in [-0.05, 0) is 53.6 Å². The van der Waals surface area contributed by atoms with Gasteiger partial charge in [-0.2, -0.15) is 0 Å². The van der Waals surface area contributed by atoms with Crippen LogP contribution in [0.5, 0.6) is 0 Å². The number of benzene rings is 2. The molecule has 0 amide bonds. The molecule has 170 valence electrons. The third kappa shape index (κ3) is 3.65. The highest BCUT2D eigenvalue weighted by Gasteiger charge is 2.19. The van der Waals surface area contributed by atoms with Gasteiger partial charge < -0.3 is 9.40 Å². The van der Waals surface area contributed by atoms with Gasteiger partial charge in [0, 0.05) is 40.8 Å². The van der Waals surface area contributed by atoms with Crippen LogP contribution in [0, 0.1) is 0 Å². The normalized spacial score (nSPS) is 16.1. The lowest BCUT2D eigenvalue weighted by atomic mass is 9.96. The zero-order valence-electron chi connectivity index (χ0n) is 19.3. The van der Waals surface area contributed by atoms with E-state index in [-0.39, 0.29) is 0 Å². The van der Waals surface area contributed by atoms with E-state index in [2.05, 4.69) is 77.9 Å². The molecule has 2 aromatic heterocycles. The molecule has 4 nitrogen and oxygen atoms in total. The minimum atomic E-state index is 0.754. The lowest BCUT2D eigenvalue weighted by Crippen LogP contribution is -2.04. The molecule has 3 aliphatic rings. The highest BCUT2D eigenvalue weighted by Crippen LogP contribution is 2.35. The summed E-state index contributed by atoms with van der Waals surface area (Å²) in [5.74, 6) is 0. The molecule has 0 saturated carbocycles. The van der Waals surface area contributed by atoms with Crippen molar-refractivity contribution >= 4 is 34.7 Å². The Morgan fingerprint density at radius 1 is 0.556 bits per heavy atom. The maximum atomic E-state index is 6.06. The van der Waals surface area contributed by atoms with Gasteiger partial charge in [0.05, 0.1) is 22.8 Å². The second kappa shape index (κ2) is 8.36. The number of H-pyrrole nitrogens is 1. The third-order valence-corrected chi connectivity index (χ3v) is 6.43. The SMILES string of the molecule is C1=CC2=C(c3ccccc3)c3c[nH]c(c3)C(c3ccccc3)=C3C=CC(=N3)C=c3ccc(o3)=CC1=N2. The molecule has 36 heavy (non-hydrogen) atoms. The summed E-state index contributed by atoms with van der Waals surface area (Å²) in [5, 5.41) is 0. The second-order valence-electron chi connectivity index (χ2n) is 8.82. The predicted octanol–water partition coefficient (Wildman–Crippen LogP) is 5.42. The molecule has 0 aliphatic carbocycles. The fourth-order valence-corrected chi connectivity index (χ4v) is 4.81. The molecule has 0 fully saturated rings. The number of nitrogens with zero attached hydrogens (tertiary/aromatic N) is 2. The third-order valence-electron chi connectivity index (χ3n) is 6.43. The number of aliphatic imine (C=N–C) groups is 2. The van der Waals surface area contributed by atoms with Crippen molar-refractivity contribution in [2.24, 2.45) is 9.98 Å². The molecule has 1 N–H and O–H groups in total. The van der Waals surface area contributed by atoms with Gasteiger partial charge in [0.2, 0.25) is 0 Å². The number of aromatic amines is 1. The quantitative estimate of drug-likeness (QED) is 0.424. The van der Waals surface area contributed by atoms with Crippen molar-refractivity contribution in [3.63, 3.8) is 0 Å². The van der Waals surface area contributed by atoms with Gasteiger partial charge in [0.25, 0.3) is 0 Å². The van der Waals surface area contributed by atoms with E-state index in [4.69, 9.17) is 14.4 Å². The molecule has 0 unspecified atom stereocenters. The van der Waals surface area contributed by atoms with E-state index < -0.39 is 0 Å². The van der Waals surface area contributed by atoms with Crippen molar-refractivity contribution in [3.8, 4) is 0 Å². The smallest absolute Gasteiger partial charge is 0.129 e. The minimum Gasteiger partial charge on any atom is -0.457 e. The summed E-state index contributed by atoms with van der Waals surface area (Å²) < 4.78 is 6.06. The number of hydrogen-bond donors (Lipinski definition) is 1. The van der Waals surface area contributed by atoms with Crippen LogP contribution in [-0.4, -0.2) is 16.4 Å². The number of nitrogens with one attached hydrogen (secondary N) is 1. The van der Waals surface area contributed by atoms with Crippen LogP contribution in [0.1, 0.15) is 22.4 Å². The Hall–Kier alpha value is -4.96. The van der Waals surface area contributed by atoms with E-state index in [9.17, 15) is 0 Å². The van der Waals surface area contributed by atoms with Gasteiger partial charge in [0.15, 0.2) is 0 Å². The second-order valence-corrected chi connectivity index (χ2v) is 8.82. The molecule has 0 saturated heterocycles. The Kier molecular flexibility index (Phi) is 4.74. The molecule has 0 radical (unpaired) electrons. The Morgan fingerprint density at radius 3 is 1.72 bits per heavy atom. The van der Waals surface area contributed by atoms with Crippen LogP contribution in [0.2, 0.25) is 0 Å². The highest BCUT2D eigenvalue weighted by molar-refractivity contribution is 6.20. The summed E-state index contributed by atoms with van der Waals surface area (Å²) in [6.07, 6.45) is 14.2. The molecular weight excluding hydrogens is 442 g/mol. The van der Waals surface area contributed by atoms with E-state index in [1.54, 1.807) is 0 Å². The van der Waals surface area contributed by atoms with Crippen LogP contribution in [0.3, 0.4) is 0 Å². The number of allylic oxidation sites excluding steroid dienone is 4. The van der Waals surface area contributed by atoms with Gasteiger partial charge >= 0.3 is 0 Å². The zero-order chi connectivity index (χ0) is 23.9. The average Bonchev–Trinajstić information content (AvgIpc) is 3.72. The highest BCUT2D eigenvalue weighted by atomic mass is 16.3. The van der Waals surface area contributed by atoms with E-state index in [1.807, 2.05) is 48.6 Å². The topological polar surface area (TPSA) is 53.6 Å². The zero-order valence-corrected chi connectivity index (χ0v) is 19.3. The van der Waals surface area contributed by atoms with Gasteiger partial charge in [-0.25, -0.2) is 9.98 Å². The fraction of sp³-hybridized carbons (Fsp3) is 0. The largest absolute Gasteiger partial charge is 0.457 e. The first-order valence-electron chi connectivity index (χ1n) is 11.9. The number of fused-ring (bicyclic) bond motifs is 6. The van der Waals surface area contributed by atoms with Crippen LogP contribution in [0.15, 0.2) is 135 Å². The summed E-state index contributed by atoms with van der Waals surface area (Å²) >= 11 is 0. The molecule has 8 bridgehead atoms. The monoisotopic (exact) mass is 463 g/mol. The van der Waals surface area contributed by atoms with E-state index >= 15 is 0 Å². The number of hydrogen-bond acceptors (Lipinski definition) is 3. The molecule has 3 aliphatic heterocycles. The lowest BCUT2D eigenvalue weighted by Gasteiger charge is -2.09. The van der Waals surface area contributed by atoms with E-state index in [0.717, 1.165) is 67.2 Å². The lowest BCUT2D eigenvalue weighted by molar-refractivity contribution is 0.503. The molecule has 7 rings (SSSR count). The first-order chi connectivity index (χ1) is 17.8. The van der Waals surface area contributed by atoms with Crippen LogP contribution < -0.4 is 10.8 Å². The van der Waals surface area contributed by atoms with Crippen molar-refractivity contribution in [2.45, 2.75) is 0 Å². The van der Waals surface area contributed by atoms with Gasteiger partial charge in [-0.3, -0.25) is 0 Å². The number of aromatic nitrogens is 1. The Morgan fingerprint density at radius 2 is 1.11 bits per heavy atom. The fourth-order valence-electron chi connectivity index (χ4n) is 4.81. The summed E-state index contributed by atoms with van der Waals surface area (Å²) in [7, 11) is 0. The summed E-state index contributed by atoms with van der Waals surface area (Å²) in [4.78, 5) is 13.4. The van der Waals surface area contributed by atoms with Crippen LogP contribution in [0.25, 0.3) is 23.3 Å². The Bertz CT molecular complexity index is 1670. The summed E-state index contributed by atoms with van der Waals surface area (Å²) in [6.45, 7) is 0. The van der Waals surface area contributed by atoms with Crippen molar-refractivity contribution in [1.82, 2.24) is 4.98 Å². The molecule has 2 aromatic carbocycles. The first kappa shape index (κ1) is 20.4. The van der Waals surface area contributed by atoms with Crippen molar-refractivity contribution < 1.29 is 4.42 Å². The molecular formula is C32H21N3O. The molecule has 0 atom stereocenters. The van der Waals surface area contributed by atoms with Crippen LogP contribution in [0.4, 0.5) is 0 Å². The maximum absolute atomic E-state index is 6.06. The van der Waals surface area contributed by atoms with Crippen molar-refractivity contribution in [3.05, 3.63) is 154 Å². The van der Waals surface area contributed by atoms with Gasteiger partial charge in [-0.15, -0.1) is 0 Å². The maximum Gasteiger partial charge on any atom is 0.129 e. The molecule has 5 heterocycles. The van der Waals surface area contributed by atoms with Gasteiger partial charge in [-0.1, -0.05) is 60.7 Å². The molecule has 0 spiro atoms. The Labute approximate surface area is 208 Å². The molecule has 4 heteroatoms. The standard InChI is InChI=1S/C32H21N3O/c1-3-7-21(8-4-1)31-23-17-30(33-20-23)32(22-9-5-2-6-10-22)29-16-12-25(35-29)19-27-14-13-26(36-27)18-24-11-15-28(31)34-24/h1-20,33H. The minimum absolute atomic E-state index is 0.754. The molecule has 4 aromatic rings. The number of furan rings is 1. The predicted molar refractivity (Wildman–Crippen MR) is 146 cm³/mol.